The van der Waals surface area contributed by atoms with Gasteiger partial charge < -0.3 is 15.4 Å². The van der Waals surface area contributed by atoms with E-state index in [1.54, 1.807) is 6.08 Å². The molecule has 3 rings (SSSR count). The summed E-state index contributed by atoms with van der Waals surface area (Å²) in [6, 6.07) is 1.87. The highest BCUT2D eigenvalue weighted by atomic mass is 35.5. The molecule has 0 spiro atoms. The molecule has 3 heterocycles. The van der Waals surface area contributed by atoms with Crippen LogP contribution in [-0.4, -0.2) is 40.9 Å². The summed E-state index contributed by atoms with van der Waals surface area (Å²) in [7, 11) is 0. The summed E-state index contributed by atoms with van der Waals surface area (Å²) in [4.78, 5) is 2.11. The number of anilines is 1. The van der Waals surface area contributed by atoms with Gasteiger partial charge in [0.2, 0.25) is 5.95 Å². The van der Waals surface area contributed by atoms with Gasteiger partial charge in [-0.25, -0.2) is 4.39 Å². The zero-order valence-corrected chi connectivity index (χ0v) is 17.1. The molecule has 0 unspecified atom stereocenters. The monoisotopic (exact) mass is 407 g/mol. The Balaban J connectivity index is 0.000000878. The van der Waals surface area contributed by atoms with Crippen LogP contribution >= 0.6 is 11.6 Å². The third-order valence-corrected chi connectivity index (χ3v) is 4.23. The van der Waals surface area contributed by atoms with Crippen LogP contribution in [0.25, 0.3) is 11.2 Å². The van der Waals surface area contributed by atoms with Gasteiger partial charge in [0, 0.05) is 36.9 Å². The second kappa shape index (κ2) is 10.9. The minimum atomic E-state index is -0.551. The van der Waals surface area contributed by atoms with Gasteiger partial charge in [0.1, 0.15) is 5.83 Å². The maximum Gasteiger partial charge on any atom is 0.231 e. The Hall–Kier alpha value is -2.22. The van der Waals surface area contributed by atoms with E-state index >= 15 is 0 Å². The first-order chi connectivity index (χ1) is 13.5. The third kappa shape index (κ3) is 5.41. The van der Waals surface area contributed by atoms with Crippen molar-refractivity contribution in [3.05, 3.63) is 53.5 Å². The van der Waals surface area contributed by atoms with Crippen molar-refractivity contribution >= 4 is 28.8 Å². The Morgan fingerprint density at radius 2 is 2.00 bits per heavy atom. The van der Waals surface area contributed by atoms with E-state index in [2.05, 4.69) is 35.5 Å². The number of hydrogen-bond donors (Lipinski definition) is 1. The molecule has 1 fully saturated rings. The number of nitrogens with zero attached hydrogens (tertiary/aromatic N) is 4. The first-order valence-corrected chi connectivity index (χ1v) is 9.72. The second-order valence-corrected chi connectivity index (χ2v) is 6.51. The van der Waals surface area contributed by atoms with E-state index in [0.29, 0.717) is 31.0 Å². The number of halogens is 2. The molecule has 152 valence electrons. The number of ether oxygens (including phenoxy) is 1. The lowest BCUT2D eigenvalue weighted by molar-refractivity contribution is 0.122. The highest BCUT2D eigenvalue weighted by Gasteiger charge is 2.18. The average Bonchev–Trinajstić information content (AvgIpc) is 3.11. The van der Waals surface area contributed by atoms with E-state index in [1.165, 1.54) is 18.0 Å². The molecule has 1 saturated heterocycles. The van der Waals surface area contributed by atoms with Crippen molar-refractivity contribution in [3.8, 4) is 0 Å². The van der Waals surface area contributed by atoms with Gasteiger partial charge in [0.05, 0.1) is 13.2 Å². The number of morpholine rings is 1. The van der Waals surface area contributed by atoms with Crippen molar-refractivity contribution in [2.45, 2.75) is 26.8 Å². The quantitative estimate of drug-likeness (QED) is 0.757. The van der Waals surface area contributed by atoms with Crippen LogP contribution in [-0.2, 0) is 11.3 Å². The number of fused-ring (bicyclic) bond motifs is 1. The molecular formula is C20H27ClFN5O. The number of allylic oxidation sites excluding steroid dienone is 4. The van der Waals surface area contributed by atoms with Crippen LogP contribution in [0, 0.1) is 0 Å². The second-order valence-electron chi connectivity index (χ2n) is 6.30. The minimum absolute atomic E-state index is 0.296. The van der Waals surface area contributed by atoms with Crippen LogP contribution in [0.3, 0.4) is 0 Å². The van der Waals surface area contributed by atoms with Crippen LogP contribution < -0.4 is 10.6 Å². The number of hydrogen-bond acceptors (Lipinski definition) is 5. The standard InChI is InChI=1S/C17H19ClFN5O.C3H8/c1-12(19)2-3-13(9-18)15-11-24-16(8-14(15)10-20)21-22-17(24)23-4-6-25-7-5-23;1-3-2/h2-3,8-9,11H,1,4-7,10,20H2;3H2,1-2H3/b3-2-,13-9-;. The largest absolute Gasteiger partial charge is 0.378 e. The molecule has 0 amide bonds. The first-order valence-electron chi connectivity index (χ1n) is 9.29. The summed E-state index contributed by atoms with van der Waals surface area (Å²) in [5, 5.41) is 8.53. The van der Waals surface area contributed by atoms with Crippen LogP contribution in [0.15, 0.2) is 42.4 Å². The molecule has 2 aromatic heterocycles. The highest BCUT2D eigenvalue weighted by molar-refractivity contribution is 6.28. The third-order valence-electron chi connectivity index (χ3n) is 4.00. The summed E-state index contributed by atoms with van der Waals surface area (Å²) in [5.41, 5.74) is 10.2. The Morgan fingerprint density at radius 3 is 2.57 bits per heavy atom. The minimum Gasteiger partial charge on any atom is -0.378 e. The molecule has 8 heteroatoms. The van der Waals surface area contributed by atoms with Crippen molar-refractivity contribution in [2.75, 3.05) is 31.2 Å². The molecule has 1 aliphatic heterocycles. The Labute approximate surface area is 170 Å². The molecule has 2 aromatic rings. The Morgan fingerprint density at radius 1 is 1.32 bits per heavy atom. The fraction of sp³-hybridized carbons (Fsp3) is 0.400. The van der Waals surface area contributed by atoms with Crippen LogP contribution in [0.4, 0.5) is 10.3 Å². The van der Waals surface area contributed by atoms with Crippen LogP contribution in [0.2, 0.25) is 0 Å². The van der Waals surface area contributed by atoms with E-state index in [-0.39, 0.29) is 0 Å². The highest BCUT2D eigenvalue weighted by Crippen LogP contribution is 2.26. The van der Waals surface area contributed by atoms with Crippen molar-refractivity contribution in [2.24, 2.45) is 5.73 Å². The zero-order chi connectivity index (χ0) is 20.5. The maximum absolute atomic E-state index is 13.0. The summed E-state index contributed by atoms with van der Waals surface area (Å²) in [5.74, 6) is 0.181. The Bertz CT molecular complexity index is 856. The predicted molar refractivity (Wildman–Crippen MR) is 113 cm³/mol. The number of pyridine rings is 1. The number of nitrogens with two attached hydrogens (primary N) is 1. The molecule has 0 saturated carbocycles. The van der Waals surface area contributed by atoms with E-state index in [9.17, 15) is 4.39 Å². The molecule has 1 aliphatic rings. The summed E-state index contributed by atoms with van der Waals surface area (Å²) in [6.45, 7) is 10.6. The van der Waals surface area contributed by atoms with E-state index in [1.807, 2.05) is 16.7 Å². The lowest BCUT2D eigenvalue weighted by atomic mass is 10.0. The fourth-order valence-corrected chi connectivity index (χ4v) is 2.93. The molecule has 0 aliphatic carbocycles. The van der Waals surface area contributed by atoms with Gasteiger partial charge in [-0.05, 0) is 23.3 Å². The lowest BCUT2D eigenvalue weighted by Crippen LogP contribution is -2.37. The van der Waals surface area contributed by atoms with Crippen molar-refractivity contribution in [1.82, 2.24) is 14.6 Å². The molecular weight excluding hydrogens is 381 g/mol. The molecule has 0 atom stereocenters. The molecule has 0 radical (unpaired) electrons. The average molecular weight is 408 g/mol. The van der Waals surface area contributed by atoms with Crippen molar-refractivity contribution in [3.63, 3.8) is 0 Å². The van der Waals surface area contributed by atoms with E-state index in [0.717, 1.165) is 30.2 Å². The predicted octanol–water partition coefficient (Wildman–Crippen LogP) is 4.06. The van der Waals surface area contributed by atoms with Crippen molar-refractivity contribution in [1.29, 1.82) is 0 Å². The smallest absolute Gasteiger partial charge is 0.231 e. The first kappa shape index (κ1) is 22.1. The summed E-state index contributed by atoms with van der Waals surface area (Å²) >= 11 is 5.95. The van der Waals surface area contributed by atoms with Crippen LogP contribution in [0.1, 0.15) is 31.4 Å². The number of aromatic nitrogens is 3. The molecule has 2 N–H and O–H groups in total. The SMILES string of the molecule is C=C(F)/C=C\C(=C\Cl)c1cn2c(N3CCOCC3)nnc2cc1CN.CCC. The zero-order valence-electron chi connectivity index (χ0n) is 16.4. The number of rotatable bonds is 5. The molecule has 0 bridgehead atoms. The Kier molecular flexibility index (Phi) is 8.63. The lowest BCUT2D eigenvalue weighted by Gasteiger charge is -2.26. The van der Waals surface area contributed by atoms with Gasteiger partial charge in [-0.2, -0.15) is 0 Å². The van der Waals surface area contributed by atoms with Gasteiger partial charge in [-0.1, -0.05) is 44.5 Å². The van der Waals surface area contributed by atoms with E-state index in [4.69, 9.17) is 22.1 Å². The van der Waals surface area contributed by atoms with Gasteiger partial charge in [-0.15, -0.1) is 10.2 Å². The summed E-state index contributed by atoms with van der Waals surface area (Å²) in [6.07, 6.45) is 5.95. The van der Waals surface area contributed by atoms with Crippen molar-refractivity contribution < 1.29 is 9.13 Å². The molecule has 6 nitrogen and oxygen atoms in total. The fourth-order valence-electron chi connectivity index (χ4n) is 2.74. The maximum atomic E-state index is 13.0. The van der Waals surface area contributed by atoms with Crippen LogP contribution in [0.5, 0.6) is 0 Å². The van der Waals surface area contributed by atoms with Gasteiger partial charge in [0.15, 0.2) is 5.65 Å². The summed E-state index contributed by atoms with van der Waals surface area (Å²) < 4.78 is 20.3. The topological polar surface area (TPSA) is 68.7 Å². The van der Waals surface area contributed by atoms with Gasteiger partial charge >= 0.3 is 0 Å². The van der Waals surface area contributed by atoms with Gasteiger partial charge in [-0.3, -0.25) is 4.40 Å². The van der Waals surface area contributed by atoms with E-state index < -0.39 is 5.83 Å². The molecule has 0 aromatic carbocycles. The van der Waals surface area contributed by atoms with Gasteiger partial charge in [0.25, 0.3) is 0 Å². The molecule has 28 heavy (non-hydrogen) atoms. The normalized spacial score (nSPS) is 15.0.